The molecular weight excluding hydrogens is 329 g/mol. The number of nitrogens with zero attached hydrogens (tertiary/aromatic N) is 2. The first-order valence-corrected chi connectivity index (χ1v) is 8.61. The molecule has 5 nitrogen and oxygen atoms in total. The molecule has 0 aliphatic carbocycles. The van der Waals surface area contributed by atoms with Gasteiger partial charge in [-0.05, 0) is 30.7 Å². The number of primary sulfonamides is 1. The summed E-state index contributed by atoms with van der Waals surface area (Å²) < 4.78 is 37.9. The maximum absolute atomic E-state index is 14.5. The van der Waals surface area contributed by atoms with Gasteiger partial charge in [-0.3, -0.25) is 9.97 Å². The molecule has 0 aliphatic rings. The van der Waals surface area contributed by atoms with Gasteiger partial charge in [0, 0.05) is 17.3 Å². The Hall–Kier alpha value is -2.64. The zero-order valence-electron chi connectivity index (χ0n) is 12.8. The van der Waals surface area contributed by atoms with Crippen molar-refractivity contribution in [3.63, 3.8) is 0 Å². The molecule has 122 valence electrons. The van der Waals surface area contributed by atoms with E-state index in [4.69, 9.17) is 5.14 Å². The maximum Gasteiger partial charge on any atom is 0.238 e. The highest BCUT2D eigenvalue weighted by molar-refractivity contribution is 7.89. The average molecular weight is 343 g/mol. The quantitative estimate of drug-likeness (QED) is 0.792. The minimum Gasteiger partial charge on any atom is -0.258 e. The van der Waals surface area contributed by atoms with Crippen molar-refractivity contribution in [1.29, 1.82) is 0 Å². The van der Waals surface area contributed by atoms with Crippen molar-refractivity contribution in [2.24, 2.45) is 5.14 Å². The fourth-order valence-corrected chi connectivity index (χ4v) is 3.14. The third kappa shape index (κ3) is 3.17. The highest BCUT2D eigenvalue weighted by Gasteiger charge is 2.16. The summed E-state index contributed by atoms with van der Waals surface area (Å²) >= 11 is 0. The summed E-state index contributed by atoms with van der Waals surface area (Å²) in [7, 11) is -3.91. The van der Waals surface area contributed by atoms with Gasteiger partial charge in [0.15, 0.2) is 0 Å². The Morgan fingerprint density at radius 1 is 1.00 bits per heavy atom. The van der Waals surface area contributed by atoms with Gasteiger partial charge in [0.1, 0.15) is 5.82 Å². The van der Waals surface area contributed by atoms with Crippen LogP contribution in [-0.4, -0.2) is 18.4 Å². The molecule has 0 aliphatic heterocycles. The van der Waals surface area contributed by atoms with Crippen molar-refractivity contribution >= 4 is 10.0 Å². The van der Waals surface area contributed by atoms with Gasteiger partial charge in [-0.15, -0.1) is 0 Å². The van der Waals surface area contributed by atoms with Crippen LogP contribution >= 0.6 is 0 Å². The molecule has 1 aromatic heterocycles. The van der Waals surface area contributed by atoms with Gasteiger partial charge in [0.05, 0.1) is 22.5 Å². The monoisotopic (exact) mass is 343 g/mol. The molecule has 2 N–H and O–H groups in total. The molecule has 0 unspecified atom stereocenters. The molecule has 0 saturated carbocycles. The van der Waals surface area contributed by atoms with E-state index in [1.165, 1.54) is 18.3 Å². The number of sulfonamides is 1. The fraction of sp³-hybridized carbons (Fsp3) is 0.0588. The third-order valence-electron chi connectivity index (χ3n) is 3.53. The van der Waals surface area contributed by atoms with Gasteiger partial charge in [-0.1, -0.05) is 24.3 Å². The van der Waals surface area contributed by atoms with E-state index in [0.717, 1.165) is 5.69 Å². The van der Waals surface area contributed by atoms with Crippen molar-refractivity contribution in [3.8, 4) is 22.4 Å². The Balaban J connectivity index is 2.10. The normalized spacial score (nSPS) is 11.5. The van der Waals surface area contributed by atoms with Crippen LogP contribution < -0.4 is 5.14 Å². The molecule has 0 spiro atoms. The molecule has 3 aromatic rings. The van der Waals surface area contributed by atoms with Crippen molar-refractivity contribution in [2.45, 2.75) is 11.8 Å². The van der Waals surface area contributed by atoms with Crippen molar-refractivity contribution in [1.82, 2.24) is 9.97 Å². The second-order valence-corrected chi connectivity index (χ2v) is 6.81. The number of aryl methyl sites for hydroxylation is 1. The summed E-state index contributed by atoms with van der Waals surface area (Å²) in [5.74, 6) is -0.519. The van der Waals surface area contributed by atoms with Gasteiger partial charge in [0.2, 0.25) is 10.0 Å². The third-order valence-corrected chi connectivity index (χ3v) is 4.50. The van der Waals surface area contributed by atoms with Gasteiger partial charge in [-0.25, -0.2) is 17.9 Å². The zero-order chi connectivity index (χ0) is 17.3. The predicted molar refractivity (Wildman–Crippen MR) is 89.0 cm³/mol. The van der Waals surface area contributed by atoms with Crippen LogP contribution in [0, 0.1) is 12.7 Å². The number of rotatable bonds is 3. The van der Waals surface area contributed by atoms with Crippen LogP contribution in [0.1, 0.15) is 5.69 Å². The molecule has 0 saturated heterocycles. The van der Waals surface area contributed by atoms with E-state index in [2.05, 4.69) is 9.97 Å². The fourth-order valence-electron chi connectivity index (χ4n) is 2.38. The molecule has 0 bridgehead atoms. The van der Waals surface area contributed by atoms with Crippen LogP contribution in [0.4, 0.5) is 4.39 Å². The summed E-state index contributed by atoms with van der Waals surface area (Å²) in [5.41, 5.74) is 2.20. The lowest BCUT2D eigenvalue weighted by Gasteiger charge is -2.10. The molecule has 0 fully saturated rings. The Labute approximate surface area is 139 Å². The second-order valence-electron chi connectivity index (χ2n) is 5.28. The van der Waals surface area contributed by atoms with Gasteiger partial charge < -0.3 is 0 Å². The highest BCUT2D eigenvalue weighted by atomic mass is 32.2. The molecule has 0 atom stereocenters. The summed E-state index contributed by atoms with van der Waals surface area (Å²) in [6.07, 6.45) is 3.05. The standard InChI is InChI=1S/C17H14FN3O2S/c1-11-9-21-16(10-20-11)14-7-6-12(8-15(14)18)13-4-2-3-5-17(13)24(19,22)23/h2-10H,1H3,(H2,19,22,23). The second kappa shape index (κ2) is 6.10. The molecule has 2 aromatic carbocycles. The lowest BCUT2D eigenvalue weighted by Crippen LogP contribution is -2.13. The van der Waals surface area contributed by atoms with E-state index < -0.39 is 15.8 Å². The Morgan fingerprint density at radius 3 is 2.38 bits per heavy atom. The minimum absolute atomic E-state index is 0.0488. The highest BCUT2D eigenvalue weighted by Crippen LogP contribution is 2.30. The van der Waals surface area contributed by atoms with Crippen LogP contribution in [0.15, 0.2) is 59.8 Å². The van der Waals surface area contributed by atoms with Crippen LogP contribution in [0.5, 0.6) is 0 Å². The molecular formula is C17H14FN3O2S. The molecule has 7 heteroatoms. The largest absolute Gasteiger partial charge is 0.258 e. The molecule has 0 amide bonds. The van der Waals surface area contributed by atoms with E-state index in [1.54, 1.807) is 43.5 Å². The predicted octanol–water partition coefficient (Wildman–Crippen LogP) is 2.91. The molecule has 3 rings (SSSR count). The summed E-state index contributed by atoms with van der Waals surface area (Å²) in [6, 6.07) is 10.6. The first-order chi connectivity index (χ1) is 11.4. The SMILES string of the molecule is Cc1cnc(-c2ccc(-c3ccccc3S(N)(=O)=O)cc2F)cn1. The summed E-state index contributed by atoms with van der Waals surface area (Å²) in [4.78, 5) is 8.20. The van der Waals surface area contributed by atoms with E-state index in [-0.39, 0.29) is 4.90 Å². The maximum atomic E-state index is 14.5. The average Bonchev–Trinajstić information content (AvgIpc) is 2.55. The lowest BCUT2D eigenvalue weighted by molar-refractivity contribution is 0.598. The number of hydrogen-bond acceptors (Lipinski definition) is 4. The Morgan fingerprint density at radius 2 is 1.75 bits per heavy atom. The van der Waals surface area contributed by atoms with Crippen molar-refractivity contribution in [2.75, 3.05) is 0 Å². The lowest BCUT2D eigenvalue weighted by atomic mass is 10.0. The summed E-state index contributed by atoms with van der Waals surface area (Å²) in [6.45, 7) is 1.79. The van der Waals surface area contributed by atoms with Gasteiger partial charge >= 0.3 is 0 Å². The molecule has 1 heterocycles. The zero-order valence-corrected chi connectivity index (χ0v) is 13.6. The molecule has 0 radical (unpaired) electrons. The van der Waals surface area contributed by atoms with Gasteiger partial charge in [-0.2, -0.15) is 0 Å². The van der Waals surface area contributed by atoms with Crippen LogP contribution in [0.25, 0.3) is 22.4 Å². The van der Waals surface area contributed by atoms with E-state index in [1.807, 2.05) is 0 Å². The van der Waals surface area contributed by atoms with E-state index in [9.17, 15) is 12.8 Å². The van der Waals surface area contributed by atoms with Crippen LogP contribution in [0.3, 0.4) is 0 Å². The Kier molecular flexibility index (Phi) is 4.13. The minimum atomic E-state index is -3.91. The van der Waals surface area contributed by atoms with Crippen molar-refractivity contribution < 1.29 is 12.8 Å². The van der Waals surface area contributed by atoms with Gasteiger partial charge in [0.25, 0.3) is 0 Å². The van der Waals surface area contributed by atoms with Crippen LogP contribution in [-0.2, 0) is 10.0 Å². The van der Waals surface area contributed by atoms with Crippen LogP contribution in [0.2, 0.25) is 0 Å². The molecule has 24 heavy (non-hydrogen) atoms. The number of aromatic nitrogens is 2. The Bertz CT molecular complexity index is 1000. The van der Waals surface area contributed by atoms with E-state index in [0.29, 0.717) is 22.4 Å². The topological polar surface area (TPSA) is 85.9 Å². The van der Waals surface area contributed by atoms with E-state index >= 15 is 0 Å². The number of halogens is 1. The van der Waals surface area contributed by atoms with Crippen molar-refractivity contribution in [3.05, 3.63) is 66.4 Å². The first kappa shape index (κ1) is 16.2. The summed E-state index contributed by atoms with van der Waals surface area (Å²) in [5, 5.41) is 5.23. The number of benzene rings is 2. The number of hydrogen-bond donors (Lipinski definition) is 1. The number of nitrogens with two attached hydrogens (primary N) is 1. The smallest absolute Gasteiger partial charge is 0.238 e. The first-order valence-electron chi connectivity index (χ1n) is 7.07.